The van der Waals surface area contributed by atoms with Gasteiger partial charge in [-0.2, -0.15) is 0 Å². The third-order valence-electron chi connectivity index (χ3n) is 3.44. The second kappa shape index (κ2) is 4.85. The van der Waals surface area contributed by atoms with Crippen molar-refractivity contribution in [3.8, 4) is 0 Å². The number of aromatic nitrogens is 5. The molecule has 96 valence electrons. The lowest BCUT2D eigenvalue weighted by molar-refractivity contribution is 0.262. The minimum atomic E-state index is 0.217. The fourth-order valence-corrected chi connectivity index (χ4v) is 2.54. The summed E-state index contributed by atoms with van der Waals surface area (Å²) >= 11 is 0. The molecule has 0 aromatic carbocycles. The summed E-state index contributed by atoms with van der Waals surface area (Å²) in [4.78, 5) is 2.25. The van der Waals surface area contributed by atoms with E-state index in [0.717, 1.165) is 31.6 Å². The summed E-state index contributed by atoms with van der Waals surface area (Å²) in [6.07, 6.45) is 4.27. The highest BCUT2D eigenvalue weighted by atomic mass is 16.3. The van der Waals surface area contributed by atoms with Gasteiger partial charge in [-0.15, -0.1) is 14.8 Å². The van der Waals surface area contributed by atoms with Gasteiger partial charge in [-0.05, 0) is 48.2 Å². The number of nitrogens with zero attached hydrogens (tertiary/aromatic N) is 6. The number of hydrogen-bond donors (Lipinski definition) is 1. The molecule has 0 saturated carbocycles. The van der Waals surface area contributed by atoms with Crippen molar-refractivity contribution in [2.75, 3.05) is 18.1 Å². The van der Waals surface area contributed by atoms with Gasteiger partial charge in [0.05, 0.1) is 0 Å². The zero-order valence-electron chi connectivity index (χ0n) is 10.1. The maximum Gasteiger partial charge on any atom is 0.200 e. The number of aliphatic hydroxyl groups excluding tert-OH is 1. The van der Waals surface area contributed by atoms with E-state index in [4.69, 9.17) is 5.11 Å². The molecule has 2 aromatic rings. The maximum absolute atomic E-state index is 9.14. The summed E-state index contributed by atoms with van der Waals surface area (Å²) in [5.41, 5.74) is 0.648. The predicted octanol–water partition coefficient (Wildman–Crippen LogP) is 0.261. The molecular formula is C11H16N6O. The molecule has 18 heavy (non-hydrogen) atoms. The van der Waals surface area contributed by atoms with Crippen LogP contribution in [0.2, 0.25) is 0 Å². The normalized spacial score (nSPS) is 20.5. The van der Waals surface area contributed by atoms with Crippen molar-refractivity contribution in [3.05, 3.63) is 12.1 Å². The fourth-order valence-electron chi connectivity index (χ4n) is 2.54. The summed E-state index contributed by atoms with van der Waals surface area (Å²) in [5, 5.41) is 24.8. The van der Waals surface area contributed by atoms with Gasteiger partial charge < -0.3 is 10.0 Å². The Morgan fingerprint density at radius 3 is 3.17 bits per heavy atom. The maximum atomic E-state index is 9.14. The highest BCUT2D eigenvalue weighted by molar-refractivity contribution is 5.45. The largest absolute Gasteiger partial charge is 0.396 e. The van der Waals surface area contributed by atoms with Crippen molar-refractivity contribution in [1.29, 1.82) is 0 Å². The van der Waals surface area contributed by atoms with Gasteiger partial charge in [0.15, 0.2) is 11.5 Å². The van der Waals surface area contributed by atoms with Gasteiger partial charge in [0.25, 0.3) is 0 Å². The third kappa shape index (κ3) is 2.01. The van der Waals surface area contributed by atoms with E-state index < -0.39 is 0 Å². The number of fused-ring (bicyclic) bond motifs is 1. The molecule has 0 radical (unpaired) electrons. The standard InChI is InChI=1S/C11H16N6O/c18-8-6-9-3-1-2-7-16(9)11-5-4-10-12-14-15-17(10)13-11/h4-5,9,18H,1-3,6-8H2. The molecule has 0 aliphatic carbocycles. The van der Waals surface area contributed by atoms with Crippen LogP contribution in [0, 0.1) is 0 Å². The molecule has 1 N–H and O–H groups in total. The molecule has 0 amide bonds. The second-order valence-electron chi connectivity index (χ2n) is 4.57. The molecule has 1 aliphatic rings. The summed E-state index contributed by atoms with van der Waals surface area (Å²) in [6, 6.07) is 4.18. The number of tetrazole rings is 1. The summed E-state index contributed by atoms with van der Waals surface area (Å²) in [6.45, 7) is 1.19. The molecule has 1 unspecified atom stereocenters. The van der Waals surface area contributed by atoms with E-state index >= 15 is 0 Å². The average Bonchev–Trinajstić information content (AvgIpc) is 2.87. The summed E-state index contributed by atoms with van der Waals surface area (Å²) in [7, 11) is 0. The molecule has 1 fully saturated rings. The predicted molar refractivity (Wildman–Crippen MR) is 65.3 cm³/mol. The highest BCUT2D eigenvalue weighted by Gasteiger charge is 2.23. The Morgan fingerprint density at radius 2 is 2.28 bits per heavy atom. The monoisotopic (exact) mass is 248 g/mol. The van der Waals surface area contributed by atoms with Gasteiger partial charge in [0.1, 0.15) is 0 Å². The molecule has 3 rings (SSSR count). The minimum Gasteiger partial charge on any atom is -0.396 e. The van der Waals surface area contributed by atoms with E-state index in [1.165, 1.54) is 11.1 Å². The van der Waals surface area contributed by atoms with E-state index in [2.05, 4.69) is 25.5 Å². The van der Waals surface area contributed by atoms with Crippen LogP contribution < -0.4 is 4.90 Å². The fraction of sp³-hybridized carbons (Fsp3) is 0.636. The first-order valence-corrected chi connectivity index (χ1v) is 6.31. The summed E-state index contributed by atoms with van der Waals surface area (Å²) < 4.78 is 1.44. The van der Waals surface area contributed by atoms with Crippen LogP contribution in [-0.2, 0) is 0 Å². The van der Waals surface area contributed by atoms with Crippen molar-refractivity contribution in [1.82, 2.24) is 25.3 Å². The molecule has 7 heteroatoms. The van der Waals surface area contributed by atoms with Crippen LogP contribution >= 0.6 is 0 Å². The van der Waals surface area contributed by atoms with Crippen molar-refractivity contribution in [3.63, 3.8) is 0 Å². The van der Waals surface area contributed by atoms with E-state index in [1.54, 1.807) is 0 Å². The lowest BCUT2D eigenvalue weighted by Crippen LogP contribution is -2.40. The van der Waals surface area contributed by atoms with Crippen molar-refractivity contribution in [2.45, 2.75) is 31.7 Å². The van der Waals surface area contributed by atoms with E-state index in [-0.39, 0.29) is 6.61 Å². The zero-order valence-corrected chi connectivity index (χ0v) is 10.1. The molecule has 2 aromatic heterocycles. The molecule has 1 atom stereocenters. The minimum absolute atomic E-state index is 0.217. The topological polar surface area (TPSA) is 79.4 Å². The van der Waals surface area contributed by atoms with Crippen molar-refractivity contribution >= 4 is 11.5 Å². The van der Waals surface area contributed by atoms with Gasteiger partial charge in [0, 0.05) is 19.2 Å². The number of rotatable bonds is 3. The Balaban J connectivity index is 1.90. The molecule has 0 spiro atoms. The lowest BCUT2D eigenvalue weighted by Gasteiger charge is -2.36. The first kappa shape index (κ1) is 11.3. The van der Waals surface area contributed by atoms with Crippen molar-refractivity contribution in [2.24, 2.45) is 0 Å². The van der Waals surface area contributed by atoms with Crippen LogP contribution in [0.4, 0.5) is 5.82 Å². The third-order valence-corrected chi connectivity index (χ3v) is 3.44. The van der Waals surface area contributed by atoms with Crippen LogP contribution in [0.1, 0.15) is 25.7 Å². The van der Waals surface area contributed by atoms with Gasteiger partial charge in [-0.1, -0.05) is 0 Å². The SMILES string of the molecule is OCCC1CCCCN1c1ccc2nnnn2n1. The molecule has 0 bridgehead atoms. The number of aliphatic hydroxyl groups is 1. The van der Waals surface area contributed by atoms with Crippen LogP contribution in [0.15, 0.2) is 12.1 Å². The Kier molecular flexibility index (Phi) is 3.06. The van der Waals surface area contributed by atoms with Crippen LogP contribution in [0.25, 0.3) is 5.65 Å². The Labute approximate surface area is 104 Å². The highest BCUT2D eigenvalue weighted by Crippen LogP contribution is 2.24. The average molecular weight is 248 g/mol. The quantitative estimate of drug-likeness (QED) is 0.839. The van der Waals surface area contributed by atoms with Crippen LogP contribution in [-0.4, -0.2) is 49.6 Å². The van der Waals surface area contributed by atoms with Gasteiger partial charge in [-0.25, -0.2) is 0 Å². The first-order chi connectivity index (χ1) is 8.88. The Bertz CT molecular complexity index is 525. The van der Waals surface area contributed by atoms with E-state index in [1.807, 2.05) is 12.1 Å². The van der Waals surface area contributed by atoms with Crippen LogP contribution in [0.5, 0.6) is 0 Å². The summed E-state index contributed by atoms with van der Waals surface area (Å²) in [5.74, 6) is 0.882. The Morgan fingerprint density at radius 1 is 1.33 bits per heavy atom. The molecule has 1 aliphatic heterocycles. The number of hydrogen-bond acceptors (Lipinski definition) is 6. The second-order valence-corrected chi connectivity index (χ2v) is 4.57. The van der Waals surface area contributed by atoms with E-state index in [9.17, 15) is 0 Å². The Hall–Kier alpha value is -1.76. The zero-order chi connectivity index (χ0) is 12.4. The van der Waals surface area contributed by atoms with Crippen LogP contribution in [0.3, 0.4) is 0 Å². The lowest BCUT2D eigenvalue weighted by atomic mass is 10.00. The number of anilines is 1. The van der Waals surface area contributed by atoms with Gasteiger partial charge >= 0.3 is 0 Å². The molecule has 3 heterocycles. The molecule has 7 nitrogen and oxygen atoms in total. The van der Waals surface area contributed by atoms with Crippen molar-refractivity contribution < 1.29 is 5.11 Å². The van der Waals surface area contributed by atoms with E-state index in [0.29, 0.717) is 11.7 Å². The first-order valence-electron chi connectivity index (χ1n) is 6.31. The van der Waals surface area contributed by atoms with Gasteiger partial charge in [0.2, 0.25) is 0 Å². The van der Waals surface area contributed by atoms with Gasteiger partial charge in [-0.3, -0.25) is 0 Å². The molecule has 1 saturated heterocycles. The smallest absolute Gasteiger partial charge is 0.200 e. The number of piperidine rings is 1. The molecular weight excluding hydrogens is 232 g/mol.